The van der Waals surface area contributed by atoms with Gasteiger partial charge in [-0.05, 0) is 59.8 Å². The normalized spacial score (nSPS) is 18.8. The molecule has 0 atom stereocenters. The molecule has 6 rings (SSSR count). The van der Waals surface area contributed by atoms with Crippen LogP contribution in [0, 0.1) is 10.8 Å². The number of carbonyl (C=O) groups excluding carboxylic acids is 2. The molecule has 3 aliphatic rings. The van der Waals surface area contributed by atoms with Crippen molar-refractivity contribution in [3.63, 3.8) is 0 Å². The molecule has 6 heteroatoms. The zero-order chi connectivity index (χ0) is 34.2. The highest BCUT2D eigenvalue weighted by Gasteiger charge is 2.49. The lowest BCUT2D eigenvalue weighted by Crippen LogP contribution is -2.45. The molecule has 3 aromatic carbocycles. The molecule has 0 saturated carbocycles. The molecular formula is C42H46ClNO4. The van der Waals surface area contributed by atoms with E-state index in [-0.39, 0.29) is 29.0 Å². The summed E-state index contributed by atoms with van der Waals surface area (Å²) in [5.74, 6) is 0.911. The van der Waals surface area contributed by atoms with Crippen molar-refractivity contribution in [1.82, 2.24) is 4.90 Å². The number of hydrogen-bond donors (Lipinski definition) is 0. The van der Waals surface area contributed by atoms with Crippen LogP contribution in [-0.2, 0) is 29.0 Å². The third-order valence-corrected chi connectivity index (χ3v) is 10.3. The number of hydrogen-bond acceptors (Lipinski definition) is 5. The topological polar surface area (TPSA) is 55.8 Å². The molecule has 0 aromatic heterocycles. The fraction of sp³-hybridized carbons (Fsp3) is 0.381. The van der Waals surface area contributed by atoms with E-state index in [0.717, 1.165) is 58.5 Å². The summed E-state index contributed by atoms with van der Waals surface area (Å²) in [6, 6.07) is 22.1. The zero-order valence-electron chi connectivity index (χ0n) is 28.8. The van der Waals surface area contributed by atoms with Gasteiger partial charge < -0.3 is 14.4 Å². The minimum atomic E-state index is -0.481. The summed E-state index contributed by atoms with van der Waals surface area (Å²) < 4.78 is 12.4. The van der Waals surface area contributed by atoms with Crippen molar-refractivity contribution in [3.8, 4) is 11.5 Å². The summed E-state index contributed by atoms with van der Waals surface area (Å²) in [5.41, 5.74) is 7.10. The molecule has 0 fully saturated rings. The second-order valence-electron chi connectivity index (χ2n) is 15.0. The maximum absolute atomic E-state index is 14.4. The second kappa shape index (κ2) is 13.4. The molecule has 0 unspecified atom stereocenters. The van der Waals surface area contributed by atoms with Gasteiger partial charge in [0.05, 0.1) is 7.11 Å². The monoisotopic (exact) mass is 663 g/mol. The van der Waals surface area contributed by atoms with E-state index in [0.29, 0.717) is 42.3 Å². The van der Waals surface area contributed by atoms with Crippen LogP contribution < -0.4 is 9.47 Å². The molecule has 5 nitrogen and oxygen atoms in total. The lowest BCUT2D eigenvalue weighted by atomic mass is 9.63. The summed E-state index contributed by atoms with van der Waals surface area (Å²) in [4.78, 5) is 31.1. The Morgan fingerprint density at radius 1 is 0.854 bits per heavy atom. The van der Waals surface area contributed by atoms with E-state index in [1.807, 2.05) is 42.5 Å². The molecule has 0 saturated heterocycles. The number of nitrogens with zero attached hydrogens (tertiary/aromatic N) is 1. The molecule has 1 heterocycles. The van der Waals surface area contributed by atoms with Crippen molar-refractivity contribution in [2.75, 3.05) is 13.7 Å². The van der Waals surface area contributed by atoms with Gasteiger partial charge in [-0.1, -0.05) is 100.0 Å². The van der Waals surface area contributed by atoms with Crippen molar-refractivity contribution in [1.29, 1.82) is 0 Å². The average molecular weight is 664 g/mol. The quantitative estimate of drug-likeness (QED) is 0.202. The summed E-state index contributed by atoms with van der Waals surface area (Å²) in [6.07, 6.45) is 5.58. The highest BCUT2D eigenvalue weighted by atomic mass is 35.5. The van der Waals surface area contributed by atoms with E-state index in [9.17, 15) is 9.59 Å². The number of Topliss-reactive ketones (excluding diaryl/α,β-unsaturated/α-hetero) is 2. The minimum Gasteiger partial charge on any atom is -0.493 e. The predicted molar refractivity (Wildman–Crippen MR) is 192 cm³/mol. The van der Waals surface area contributed by atoms with Crippen molar-refractivity contribution >= 4 is 23.2 Å². The minimum absolute atomic E-state index is 0.114. The van der Waals surface area contributed by atoms with Gasteiger partial charge in [-0.3, -0.25) is 9.59 Å². The molecule has 2 aliphatic carbocycles. The number of rotatable bonds is 10. The van der Waals surface area contributed by atoms with E-state index in [2.05, 4.69) is 69.5 Å². The molecule has 0 radical (unpaired) electrons. The Kier molecular flexibility index (Phi) is 9.46. The summed E-state index contributed by atoms with van der Waals surface area (Å²) in [7, 11) is 1.63. The van der Waals surface area contributed by atoms with Crippen LogP contribution in [0.5, 0.6) is 11.5 Å². The van der Waals surface area contributed by atoms with Crippen molar-refractivity contribution in [2.24, 2.45) is 10.8 Å². The maximum atomic E-state index is 14.4. The number of carbonyl (C=O) groups is 2. The first-order chi connectivity index (χ1) is 22.9. The van der Waals surface area contributed by atoms with Gasteiger partial charge in [0.25, 0.3) is 0 Å². The SMILES string of the molecule is C=CCc1cc(C2C3=C(CC(C)(C)CC3=O)N(CCc3ccccc3)C3=C2C(=O)CC(C)(C)C3)cc(OC)c1OCc1ccccc1Cl. The van der Waals surface area contributed by atoms with Gasteiger partial charge >= 0.3 is 0 Å². The number of methoxy groups -OCH3 is 1. The van der Waals surface area contributed by atoms with Crippen LogP contribution in [0.25, 0.3) is 0 Å². The number of ketones is 2. The summed E-state index contributed by atoms with van der Waals surface area (Å²) in [6.45, 7) is 13.7. The Morgan fingerprint density at radius 3 is 2.04 bits per heavy atom. The van der Waals surface area contributed by atoms with Crippen LogP contribution in [0.15, 0.2) is 102 Å². The fourth-order valence-electron chi connectivity index (χ4n) is 7.77. The Bertz CT molecular complexity index is 1760. The van der Waals surface area contributed by atoms with E-state index < -0.39 is 5.92 Å². The lowest BCUT2D eigenvalue weighted by molar-refractivity contribution is -0.119. The van der Waals surface area contributed by atoms with E-state index >= 15 is 0 Å². The van der Waals surface area contributed by atoms with Gasteiger partial charge in [0.1, 0.15) is 6.61 Å². The van der Waals surface area contributed by atoms with Crippen LogP contribution in [0.2, 0.25) is 5.02 Å². The van der Waals surface area contributed by atoms with Gasteiger partial charge in [0.2, 0.25) is 0 Å². The predicted octanol–water partition coefficient (Wildman–Crippen LogP) is 9.58. The molecule has 0 bridgehead atoms. The first-order valence-electron chi connectivity index (χ1n) is 16.9. The second-order valence-corrected chi connectivity index (χ2v) is 15.4. The number of allylic oxidation sites excluding steroid dienone is 5. The standard InChI is InChI=1S/C42H46ClNO4/c1-7-13-28-20-30(21-36(47-6)40(28)48-26-29-16-11-12-17-31(29)43)37-38-32(22-41(2,3)24-34(38)45)44(19-18-27-14-9-8-10-15-27)33-23-42(4,5)25-35(46)39(33)37/h7-12,14-17,20-21,37H,1,13,18-19,22-26H2,2-6H3. The van der Waals surface area contributed by atoms with Gasteiger partial charge in [-0.25, -0.2) is 0 Å². The maximum Gasteiger partial charge on any atom is 0.165 e. The smallest absolute Gasteiger partial charge is 0.165 e. The highest BCUT2D eigenvalue weighted by Crippen LogP contribution is 2.55. The Morgan fingerprint density at radius 2 is 1.46 bits per heavy atom. The third-order valence-electron chi connectivity index (χ3n) is 9.89. The van der Waals surface area contributed by atoms with E-state index in [4.69, 9.17) is 21.1 Å². The Balaban J connectivity index is 1.51. The number of halogens is 1. The van der Waals surface area contributed by atoms with Crippen molar-refractivity contribution in [3.05, 3.63) is 129 Å². The highest BCUT2D eigenvalue weighted by molar-refractivity contribution is 6.31. The third kappa shape index (κ3) is 6.75. The molecule has 1 aliphatic heterocycles. The molecule has 0 spiro atoms. The zero-order valence-corrected chi connectivity index (χ0v) is 29.6. The van der Waals surface area contributed by atoms with Gasteiger partial charge in [-0.2, -0.15) is 0 Å². The summed E-state index contributed by atoms with van der Waals surface area (Å²) in [5, 5.41) is 0.633. The largest absolute Gasteiger partial charge is 0.493 e. The lowest BCUT2D eigenvalue weighted by Gasteiger charge is -2.49. The first-order valence-corrected chi connectivity index (χ1v) is 17.3. The average Bonchev–Trinajstić information content (AvgIpc) is 3.02. The van der Waals surface area contributed by atoms with Crippen molar-refractivity contribution in [2.45, 2.75) is 78.7 Å². The van der Waals surface area contributed by atoms with Gasteiger partial charge in [0, 0.05) is 64.0 Å². The van der Waals surface area contributed by atoms with E-state index in [1.165, 1.54) is 5.56 Å². The van der Waals surface area contributed by atoms with Crippen LogP contribution >= 0.6 is 11.6 Å². The molecule has 0 N–H and O–H groups in total. The molecule has 3 aromatic rings. The molecular weight excluding hydrogens is 618 g/mol. The Labute approximate surface area is 290 Å². The van der Waals surface area contributed by atoms with E-state index in [1.54, 1.807) is 7.11 Å². The number of benzene rings is 3. The van der Waals surface area contributed by atoms with Crippen LogP contribution in [0.4, 0.5) is 0 Å². The molecule has 250 valence electrons. The number of ether oxygens (including phenoxy) is 2. The van der Waals surface area contributed by atoms with Crippen LogP contribution in [0.1, 0.15) is 81.5 Å². The first kappa shape index (κ1) is 33.8. The van der Waals surface area contributed by atoms with Gasteiger partial charge in [-0.15, -0.1) is 6.58 Å². The Hall–Kier alpha value is -4.09. The van der Waals surface area contributed by atoms with Crippen molar-refractivity contribution < 1.29 is 19.1 Å². The molecule has 0 amide bonds. The van der Waals surface area contributed by atoms with Crippen LogP contribution in [0.3, 0.4) is 0 Å². The van der Waals surface area contributed by atoms with Crippen LogP contribution in [-0.4, -0.2) is 30.1 Å². The van der Waals surface area contributed by atoms with Gasteiger partial charge in [0.15, 0.2) is 23.1 Å². The molecule has 48 heavy (non-hydrogen) atoms. The summed E-state index contributed by atoms with van der Waals surface area (Å²) >= 11 is 6.45. The fourth-order valence-corrected chi connectivity index (χ4v) is 7.97.